The second kappa shape index (κ2) is 6.09. The van der Waals surface area contributed by atoms with E-state index in [1.807, 2.05) is 18.7 Å². The van der Waals surface area contributed by atoms with Crippen molar-refractivity contribution in [3.63, 3.8) is 0 Å². The highest BCUT2D eigenvalue weighted by molar-refractivity contribution is 8.00. The molecule has 0 aromatic heterocycles. The Kier molecular flexibility index (Phi) is 5.04. The molecule has 0 aromatic carbocycles. The van der Waals surface area contributed by atoms with Crippen LogP contribution in [0, 0.1) is 0 Å². The third-order valence-electron chi connectivity index (χ3n) is 2.09. The molecule has 1 saturated heterocycles. The third kappa shape index (κ3) is 4.67. The average Bonchev–Trinajstić information content (AvgIpc) is 2.15. The van der Waals surface area contributed by atoms with Crippen LogP contribution in [0.3, 0.4) is 0 Å². The van der Waals surface area contributed by atoms with Gasteiger partial charge in [0.25, 0.3) is 0 Å². The van der Waals surface area contributed by atoms with Gasteiger partial charge in [-0.3, -0.25) is 0 Å². The molecule has 1 fully saturated rings. The normalized spacial score (nSPS) is 19.6. The quantitative estimate of drug-likeness (QED) is 0.547. The predicted molar refractivity (Wildman–Crippen MR) is 64.8 cm³/mol. The van der Waals surface area contributed by atoms with Crippen molar-refractivity contribution in [2.45, 2.75) is 25.0 Å². The van der Waals surface area contributed by atoms with E-state index in [-0.39, 0.29) is 0 Å². The molecular weight excluding hydrogens is 194 g/mol. The summed E-state index contributed by atoms with van der Waals surface area (Å²) in [7, 11) is 0. The van der Waals surface area contributed by atoms with E-state index in [9.17, 15) is 0 Å². The number of hydrogen-bond donors (Lipinski definition) is 2. The number of allylic oxidation sites excluding steroid dienone is 1. The number of nitrogens with one attached hydrogen (secondary N) is 1. The molecule has 0 unspecified atom stereocenters. The molecule has 1 aliphatic heterocycles. The lowest BCUT2D eigenvalue weighted by molar-refractivity contribution is 0.532. The van der Waals surface area contributed by atoms with Gasteiger partial charge in [0.05, 0.1) is 5.75 Å². The molecule has 0 radical (unpaired) electrons. The molecule has 0 saturated carbocycles. The molecule has 3 nitrogen and oxygen atoms in total. The maximum Gasteiger partial charge on any atom is 0.109 e. The van der Waals surface area contributed by atoms with Crippen molar-refractivity contribution in [1.29, 1.82) is 0 Å². The van der Waals surface area contributed by atoms with Gasteiger partial charge in [0.15, 0.2) is 0 Å². The molecule has 80 valence electrons. The lowest BCUT2D eigenvalue weighted by Crippen LogP contribution is -2.30. The van der Waals surface area contributed by atoms with Crippen LogP contribution in [-0.4, -0.2) is 29.9 Å². The first kappa shape index (κ1) is 11.6. The Morgan fingerprint density at radius 3 is 2.79 bits per heavy atom. The molecule has 0 atom stereocenters. The van der Waals surface area contributed by atoms with Crippen LogP contribution in [-0.2, 0) is 0 Å². The fraction of sp³-hybridized carbons (Fsp3) is 0.700. The molecule has 14 heavy (non-hydrogen) atoms. The van der Waals surface area contributed by atoms with Crippen LogP contribution in [0.4, 0.5) is 0 Å². The molecule has 0 bridgehead atoms. The van der Waals surface area contributed by atoms with Crippen molar-refractivity contribution < 1.29 is 0 Å². The second-order valence-corrected chi connectivity index (χ2v) is 4.89. The first-order chi connectivity index (χ1) is 6.68. The zero-order valence-electron chi connectivity index (χ0n) is 8.75. The van der Waals surface area contributed by atoms with Crippen molar-refractivity contribution in [3.8, 4) is 0 Å². The van der Waals surface area contributed by atoms with Gasteiger partial charge in [-0.05, 0) is 32.9 Å². The number of rotatable bonds is 4. The number of amidine groups is 1. The van der Waals surface area contributed by atoms with E-state index in [1.165, 1.54) is 12.8 Å². The number of thioether (sulfide) groups is 1. The van der Waals surface area contributed by atoms with E-state index >= 15 is 0 Å². The SMILES string of the molecule is C=C(C)N=C(N)CSC1CCNCC1. The molecule has 1 aliphatic rings. The Hall–Kier alpha value is -0.480. The summed E-state index contributed by atoms with van der Waals surface area (Å²) in [5.41, 5.74) is 6.53. The van der Waals surface area contributed by atoms with Crippen molar-refractivity contribution in [2.24, 2.45) is 10.7 Å². The first-order valence-electron chi connectivity index (χ1n) is 4.99. The minimum Gasteiger partial charge on any atom is -0.386 e. The van der Waals surface area contributed by atoms with Crippen molar-refractivity contribution in [2.75, 3.05) is 18.8 Å². The smallest absolute Gasteiger partial charge is 0.109 e. The van der Waals surface area contributed by atoms with Crippen LogP contribution in [0.2, 0.25) is 0 Å². The Morgan fingerprint density at radius 2 is 2.21 bits per heavy atom. The van der Waals surface area contributed by atoms with Crippen LogP contribution in [0.1, 0.15) is 19.8 Å². The van der Waals surface area contributed by atoms with Gasteiger partial charge in [-0.15, -0.1) is 0 Å². The Morgan fingerprint density at radius 1 is 1.57 bits per heavy atom. The first-order valence-corrected chi connectivity index (χ1v) is 6.04. The predicted octanol–water partition coefficient (Wildman–Crippen LogP) is 1.36. The second-order valence-electron chi connectivity index (χ2n) is 3.60. The minimum absolute atomic E-state index is 0.695. The molecule has 0 spiro atoms. The van der Waals surface area contributed by atoms with Gasteiger partial charge in [-0.25, -0.2) is 4.99 Å². The van der Waals surface area contributed by atoms with E-state index in [0.717, 1.165) is 29.8 Å². The lowest BCUT2D eigenvalue weighted by atomic mass is 10.2. The number of aliphatic imine (C=N–C) groups is 1. The van der Waals surface area contributed by atoms with Crippen LogP contribution in [0.25, 0.3) is 0 Å². The van der Waals surface area contributed by atoms with Crippen LogP contribution in [0.15, 0.2) is 17.3 Å². The van der Waals surface area contributed by atoms with Gasteiger partial charge in [-0.2, -0.15) is 11.8 Å². The summed E-state index contributed by atoms with van der Waals surface area (Å²) in [4.78, 5) is 4.13. The molecular formula is C10H19N3S. The Labute approximate surface area is 90.2 Å². The molecule has 0 aromatic rings. The zero-order chi connectivity index (χ0) is 10.4. The maximum absolute atomic E-state index is 5.74. The average molecular weight is 213 g/mol. The summed E-state index contributed by atoms with van der Waals surface area (Å²) in [6.45, 7) is 7.83. The highest BCUT2D eigenvalue weighted by atomic mass is 32.2. The monoisotopic (exact) mass is 213 g/mol. The largest absolute Gasteiger partial charge is 0.386 e. The number of nitrogens with zero attached hydrogens (tertiary/aromatic N) is 1. The third-order valence-corrected chi connectivity index (χ3v) is 3.49. The number of nitrogens with two attached hydrogens (primary N) is 1. The molecule has 0 aliphatic carbocycles. The van der Waals surface area contributed by atoms with Gasteiger partial charge in [0.2, 0.25) is 0 Å². The van der Waals surface area contributed by atoms with Crippen molar-refractivity contribution in [1.82, 2.24) is 5.32 Å². The summed E-state index contributed by atoms with van der Waals surface area (Å²) in [6.07, 6.45) is 2.48. The summed E-state index contributed by atoms with van der Waals surface area (Å²) in [5, 5.41) is 4.09. The van der Waals surface area contributed by atoms with E-state index in [0.29, 0.717) is 5.84 Å². The van der Waals surface area contributed by atoms with Crippen LogP contribution < -0.4 is 11.1 Å². The van der Waals surface area contributed by atoms with Gasteiger partial charge < -0.3 is 11.1 Å². The Balaban J connectivity index is 2.21. The lowest BCUT2D eigenvalue weighted by Gasteiger charge is -2.21. The fourth-order valence-electron chi connectivity index (χ4n) is 1.44. The van der Waals surface area contributed by atoms with E-state index < -0.39 is 0 Å². The van der Waals surface area contributed by atoms with Crippen LogP contribution >= 0.6 is 11.8 Å². The minimum atomic E-state index is 0.695. The molecule has 4 heteroatoms. The van der Waals surface area contributed by atoms with E-state index in [2.05, 4.69) is 16.9 Å². The number of hydrogen-bond acceptors (Lipinski definition) is 3. The van der Waals surface area contributed by atoms with E-state index in [1.54, 1.807) is 0 Å². The summed E-state index contributed by atoms with van der Waals surface area (Å²) in [5.74, 6) is 1.53. The highest BCUT2D eigenvalue weighted by Crippen LogP contribution is 2.19. The van der Waals surface area contributed by atoms with Gasteiger partial charge in [0.1, 0.15) is 5.84 Å². The standard InChI is InChI=1S/C10H19N3S/c1-8(2)13-10(11)7-14-9-3-5-12-6-4-9/h9,12H,1,3-7H2,2H3,(H2,11,13). The van der Waals surface area contributed by atoms with Gasteiger partial charge in [0, 0.05) is 10.9 Å². The van der Waals surface area contributed by atoms with Gasteiger partial charge >= 0.3 is 0 Å². The summed E-state index contributed by atoms with van der Waals surface area (Å²) < 4.78 is 0. The summed E-state index contributed by atoms with van der Waals surface area (Å²) in [6, 6.07) is 0. The van der Waals surface area contributed by atoms with Gasteiger partial charge in [-0.1, -0.05) is 6.58 Å². The highest BCUT2D eigenvalue weighted by Gasteiger charge is 2.13. The summed E-state index contributed by atoms with van der Waals surface area (Å²) >= 11 is 1.91. The van der Waals surface area contributed by atoms with Crippen molar-refractivity contribution >= 4 is 17.6 Å². The fourth-order valence-corrected chi connectivity index (χ4v) is 2.48. The van der Waals surface area contributed by atoms with Crippen LogP contribution in [0.5, 0.6) is 0 Å². The van der Waals surface area contributed by atoms with E-state index in [4.69, 9.17) is 5.73 Å². The maximum atomic E-state index is 5.74. The topological polar surface area (TPSA) is 50.4 Å². The molecule has 1 heterocycles. The number of piperidine rings is 1. The Bertz CT molecular complexity index is 219. The van der Waals surface area contributed by atoms with Crippen molar-refractivity contribution in [3.05, 3.63) is 12.3 Å². The molecule has 1 rings (SSSR count). The molecule has 0 amide bonds. The molecule has 3 N–H and O–H groups in total. The zero-order valence-corrected chi connectivity index (χ0v) is 9.57.